The SMILES string of the molecule is CCOc1c(Cl)cc(CCN)c(C)c1C. The molecule has 0 spiro atoms. The van der Waals surface area contributed by atoms with Gasteiger partial charge in [-0.2, -0.15) is 0 Å². The zero-order valence-electron chi connectivity index (χ0n) is 9.56. The predicted molar refractivity (Wildman–Crippen MR) is 64.9 cm³/mol. The zero-order chi connectivity index (χ0) is 11.4. The molecule has 2 N–H and O–H groups in total. The lowest BCUT2D eigenvalue weighted by Gasteiger charge is -2.15. The number of ether oxygens (including phenoxy) is 1. The van der Waals surface area contributed by atoms with Crippen molar-refractivity contribution in [3.63, 3.8) is 0 Å². The van der Waals surface area contributed by atoms with Crippen molar-refractivity contribution in [2.24, 2.45) is 5.73 Å². The first-order chi connectivity index (χ1) is 7.11. The summed E-state index contributed by atoms with van der Waals surface area (Å²) < 4.78 is 5.52. The normalized spacial score (nSPS) is 10.5. The molecular formula is C12H18ClNO. The van der Waals surface area contributed by atoms with Gasteiger partial charge in [0.25, 0.3) is 0 Å². The summed E-state index contributed by atoms with van der Waals surface area (Å²) in [5.41, 5.74) is 9.11. The van der Waals surface area contributed by atoms with E-state index in [0.29, 0.717) is 18.2 Å². The lowest BCUT2D eigenvalue weighted by atomic mass is 10.00. The minimum absolute atomic E-state index is 0.635. The predicted octanol–water partition coefficient (Wildman–Crippen LogP) is 2.86. The van der Waals surface area contributed by atoms with Crippen molar-refractivity contribution in [1.82, 2.24) is 0 Å². The van der Waals surface area contributed by atoms with Crippen molar-refractivity contribution in [1.29, 1.82) is 0 Å². The molecule has 0 radical (unpaired) electrons. The third-order valence-corrected chi connectivity index (χ3v) is 2.89. The van der Waals surface area contributed by atoms with E-state index < -0.39 is 0 Å². The van der Waals surface area contributed by atoms with Crippen LogP contribution >= 0.6 is 11.6 Å². The molecular weight excluding hydrogens is 210 g/mol. The van der Waals surface area contributed by atoms with Crippen LogP contribution in [-0.4, -0.2) is 13.2 Å². The Kier molecular flexibility index (Phi) is 4.43. The van der Waals surface area contributed by atoms with Crippen LogP contribution in [0.15, 0.2) is 6.07 Å². The molecule has 0 saturated carbocycles. The van der Waals surface area contributed by atoms with Gasteiger partial charge in [0.1, 0.15) is 5.75 Å². The molecule has 1 aromatic carbocycles. The van der Waals surface area contributed by atoms with Crippen LogP contribution in [-0.2, 0) is 6.42 Å². The molecule has 0 fully saturated rings. The van der Waals surface area contributed by atoms with Crippen molar-refractivity contribution in [2.45, 2.75) is 27.2 Å². The fourth-order valence-electron chi connectivity index (χ4n) is 1.65. The van der Waals surface area contributed by atoms with Crippen LogP contribution in [0.2, 0.25) is 5.02 Å². The van der Waals surface area contributed by atoms with Gasteiger partial charge in [0.2, 0.25) is 0 Å². The maximum atomic E-state index is 6.16. The number of rotatable bonds is 4. The van der Waals surface area contributed by atoms with E-state index in [4.69, 9.17) is 22.1 Å². The minimum Gasteiger partial charge on any atom is -0.492 e. The molecule has 0 aromatic heterocycles. The average molecular weight is 228 g/mol. The van der Waals surface area contributed by atoms with E-state index in [1.807, 2.05) is 19.9 Å². The highest BCUT2D eigenvalue weighted by Crippen LogP contribution is 2.33. The van der Waals surface area contributed by atoms with Crippen LogP contribution < -0.4 is 10.5 Å². The molecule has 0 unspecified atom stereocenters. The van der Waals surface area contributed by atoms with Crippen molar-refractivity contribution in [3.05, 3.63) is 27.8 Å². The number of nitrogens with two attached hydrogens (primary N) is 1. The Hall–Kier alpha value is -0.730. The molecule has 2 nitrogen and oxygen atoms in total. The fraction of sp³-hybridized carbons (Fsp3) is 0.500. The highest BCUT2D eigenvalue weighted by Gasteiger charge is 2.11. The van der Waals surface area contributed by atoms with E-state index in [2.05, 4.69) is 6.92 Å². The van der Waals surface area contributed by atoms with Gasteiger partial charge in [0.05, 0.1) is 11.6 Å². The third-order valence-electron chi connectivity index (χ3n) is 2.60. The van der Waals surface area contributed by atoms with Gasteiger partial charge in [-0.25, -0.2) is 0 Å². The van der Waals surface area contributed by atoms with E-state index in [-0.39, 0.29) is 0 Å². The maximum absolute atomic E-state index is 6.16. The van der Waals surface area contributed by atoms with E-state index in [9.17, 15) is 0 Å². The molecule has 84 valence electrons. The molecule has 0 heterocycles. The van der Waals surface area contributed by atoms with Gasteiger partial charge < -0.3 is 10.5 Å². The van der Waals surface area contributed by atoms with E-state index in [1.54, 1.807) is 0 Å². The highest BCUT2D eigenvalue weighted by atomic mass is 35.5. The molecule has 15 heavy (non-hydrogen) atoms. The number of hydrogen-bond acceptors (Lipinski definition) is 2. The maximum Gasteiger partial charge on any atom is 0.141 e. The van der Waals surface area contributed by atoms with Crippen molar-refractivity contribution < 1.29 is 4.74 Å². The molecule has 0 saturated heterocycles. The van der Waals surface area contributed by atoms with Gasteiger partial charge in [-0.05, 0) is 56.5 Å². The lowest BCUT2D eigenvalue weighted by molar-refractivity contribution is 0.337. The lowest BCUT2D eigenvalue weighted by Crippen LogP contribution is -2.06. The summed E-state index contributed by atoms with van der Waals surface area (Å²) >= 11 is 6.16. The minimum atomic E-state index is 0.635. The summed E-state index contributed by atoms with van der Waals surface area (Å²) in [6.45, 7) is 7.35. The molecule has 0 bridgehead atoms. The summed E-state index contributed by atoms with van der Waals surface area (Å²) in [6, 6.07) is 1.96. The average Bonchev–Trinajstić information content (AvgIpc) is 2.21. The Bertz CT molecular complexity index is 350. The largest absolute Gasteiger partial charge is 0.492 e. The highest BCUT2D eigenvalue weighted by molar-refractivity contribution is 6.32. The summed E-state index contributed by atoms with van der Waals surface area (Å²) in [7, 11) is 0. The first-order valence-corrected chi connectivity index (χ1v) is 5.61. The van der Waals surface area contributed by atoms with Gasteiger partial charge in [-0.1, -0.05) is 11.6 Å². The van der Waals surface area contributed by atoms with Gasteiger partial charge in [-0.15, -0.1) is 0 Å². The van der Waals surface area contributed by atoms with Gasteiger partial charge in [-0.3, -0.25) is 0 Å². The van der Waals surface area contributed by atoms with Crippen LogP contribution in [0, 0.1) is 13.8 Å². The van der Waals surface area contributed by atoms with E-state index in [0.717, 1.165) is 17.7 Å². The summed E-state index contributed by atoms with van der Waals surface area (Å²) in [6.07, 6.45) is 0.860. The standard InChI is InChI=1S/C12H18ClNO/c1-4-15-12-9(3)8(2)10(5-6-14)7-11(12)13/h7H,4-6,14H2,1-3H3. The molecule has 0 aliphatic heterocycles. The molecule has 0 amide bonds. The van der Waals surface area contributed by atoms with Gasteiger partial charge >= 0.3 is 0 Å². The second kappa shape index (κ2) is 5.38. The Balaban J connectivity index is 3.18. The smallest absolute Gasteiger partial charge is 0.141 e. The van der Waals surface area contributed by atoms with Gasteiger partial charge in [0, 0.05) is 0 Å². The van der Waals surface area contributed by atoms with Crippen LogP contribution in [0.25, 0.3) is 0 Å². The van der Waals surface area contributed by atoms with Crippen LogP contribution in [0.4, 0.5) is 0 Å². The van der Waals surface area contributed by atoms with Crippen LogP contribution in [0.1, 0.15) is 23.6 Å². The van der Waals surface area contributed by atoms with Crippen molar-refractivity contribution >= 4 is 11.6 Å². The second-order valence-electron chi connectivity index (χ2n) is 3.57. The monoisotopic (exact) mass is 227 g/mol. The van der Waals surface area contributed by atoms with Crippen molar-refractivity contribution in [2.75, 3.05) is 13.2 Å². The van der Waals surface area contributed by atoms with E-state index >= 15 is 0 Å². The van der Waals surface area contributed by atoms with Crippen molar-refractivity contribution in [3.8, 4) is 5.75 Å². The first-order valence-electron chi connectivity index (χ1n) is 5.23. The van der Waals surface area contributed by atoms with Crippen LogP contribution in [0.3, 0.4) is 0 Å². The summed E-state index contributed by atoms with van der Waals surface area (Å²) in [5, 5.41) is 0.684. The number of halogens is 1. The fourth-order valence-corrected chi connectivity index (χ4v) is 1.98. The Morgan fingerprint density at radius 2 is 2.00 bits per heavy atom. The summed E-state index contributed by atoms with van der Waals surface area (Å²) in [4.78, 5) is 0. The third kappa shape index (κ3) is 2.64. The second-order valence-corrected chi connectivity index (χ2v) is 3.98. The Morgan fingerprint density at radius 1 is 1.33 bits per heavy atom. The van der Waals surface area contributed by atoms with E-state index in [1.165, 1.54) is 11.1 Å². The topological polar surface area (TPSA) is 35.2 Å². The summed E-state index contributed by atoms with van der Waals surface area (Å²) in [5.74, 6) is 0.803. The molecule has 1 aromatic rings. The quantitative estimate of drug-likeness (QED) is 0.859. The number of benzene rings is 1. The first kappa shape index (κ1) is 12.3. The van der Waals surface area contributed by atoms with Gasteiger partial charge in [0.15, 0.2) is 0 Å². The molecule has 3 heteroatoms. The molecule has 0 atom stereocenters. The molecule has 0 aliphatic carbocycles. The van der Waals surface area contributed by atoms with Crippen LogP contribution in [0.5, 0.6) is 5.75 Å². The number of hydrogen-bond donors (Lipinski definition) is 1. The Morgan fingerprint density at radius 3 is 2.53 bits per heavy atom. The Labute approximate surface area is 96.4 Å². The zero-order valence-corrected chi connectivity index (χ0v) is 10.3. The molecule has 0 aliphatic rings. The molecule has 1 rings (SSSR count).